The second-order valence-electron chi connectivity index (χ2n) is 4.74. The van der Waals surface area contributed by atoms with Crippen LogP contribution in [0.3, 0.4) is 0 Å². The van der Waals surface area contributed by atoms with E-state index in [1.807, 2.05) is 24.3 Å². The van der Waals surface area contributed by atoms with Gasteiger partial charge >= 0.3 is 0 Å². The summed E-state index contributed by atoms with van der Waals surface area (Å²) in [6, 6.07) is 12.2. The summed E-state index contributed by atoms with van der Waals surface area (Å²) >= 11 is 6.57. The lowest BCUT2D eigenvalue weighted by Crippen LogP contribution is -2.09. The van der Waals surface area contributed by atoms with E-state index in [1.54, 1.807) is 13.2 Å². The number of hydrogen-bond donors (Lipinski definition) is 0. The van der Waals surface area contributed by atoms with Crippen LogP contribution in [0.5, 0.6) is 11.5 Å². The van der Waals surface area contributed by atoms with Crippen molar-refractivity contribution in [2.75, 3.05) is 13.7 Å². The molecular weight excluding hydrogens is 279 g/mol. The first-order chi connectivity index (χ1) is 9.70. The zero-order chi connectivity index (χ0) is 14.1. The lowest BCUT2D eigenvalue weighted by Gasteiger charge is -2.19. The molecule has 0 saturated carbocycles. The van der Waals surface area contributed by atoms with Crippen LogP contribution in [0, 0.1) is 5.82 Å². The molecule has 20 heavy (non-hydrogen) atoms. The summed E-state index contributed by atoms with van der Waals surface area (Å²) < 4.78 is 24.4. The fraction of sp³-hybridized carbons (Fsp3) is 0.250. The molecule has 0 aromatic heterocycles. The van der Waals surface area contributed by atoms with Gasteiger partial charge in [-0.15, -0.1) is 11.6 Å². The lowest BCUT2D eigenvalue weighted by molar-refractivity contribution is 0.326. The number of rotatable bonds is 3. The standard InChI is InChI=1S/C16H14ClFO2/c1-19-14-7-6-10(18)8-12(14)16(17)13-9-20-15-5-3-2-4-11(13)15/h2-8,13,16H,9H2,1H3. The van der Waals surface area contributed by atoms with E-state index in [2.05, 4.69) is 0 Å². The molecule has 2 atom stereocenters. The van der Waals surface area contributed by atoms with E-state index in [1.165, 1.54) is 12.1 Å². The predicted octanol–water partition coefficient (Wildman–Crippen LogP) is 4.29. The van der Waals surface area contributed by atoms with Gasteiger partial charge in [-0.05, 0) is 24.3 Å². The van der Waals surface area contributed by atoms with Crippen LogP contribution in [-0.2, 0) is 0 Å². The predicted molar refractivity (Wildman–Crippen MR) is 76.2 cm³/mol. The molecule has 0 saturated heterocycles. The Balaban J connectivity index is 1.98. The molecule has 0 spiro atoms. The SMILES string of the molecule is COc1ccc(F)cc1C(Cl)C1COc2ccccc21. The molecular formula is C16H14ClFO2. The van der Waals surface area contributed by atoms with Crippen LogP contribution in [0.2, 0.25) is 0 Å². The van der Waals surface area contributed by atoms with Gasteiger partial charge in [0.2, 0.25) is 0 Å². The van der Waals surface area contributed by atoms with Gasteiger partial charge in [0.15, 0.2) is 0 Å². The number of methoxy groups -OCH3 is 1. The molecule has 0 aliphatic carbocycles. The van der Waals surface area contributed by atoms with Gasteiger partial charge in [0.05, 0.1) is 19.1 Å². The minimum Gasteiger partial charge on any atom is -0.496 e. The van der Waals surface area contributed by atoms with Crippen molar-refractivity contribution in [1.82, 2.24) is 0 Å². The number of hydrogen-bond acceptors (Lipinski definition) is 2. The maximum atomic E-state index is 13.5. The monoisotopic (exact) mass is 292 g/mol. The number of para-hydroxylation sites is 1. The second-order valence-corrected chi connectivity index (χ2v) is 5.21. The van der Waals surface area contributed by atoms with Crippen LogP contribution < -0.4 is 9.47 Å². The molecule has 4 heteroatoms. The Morgan fingerprint density at radius 2 is 2.10 bits per heavy atom. The Morgan fingerprint density at radius 1 is 1.30 bits per heavy atom. The summed E-state index contributed by atoms with van der Waals surface area (Å²) in [5.74, 6) is 1.11. The average Bonchev–Trinajstić information content (AvgIpc) is 2.90. The summed E-state index contributed by atoms with van der Waals surface area (Å²) in [7, 11) is 1.56. The Morgan fingerprint density at radius 3 is 2.90 bits per heavy atom. The Bertz CT molecular complexity index is 630. The highest BCUT2D eigenvalue weighted by Crippen LogP contribution is 2.46. The van der Waals surface area contributed by atoms with Crippen molar-refractivity contribution < 1.29 is 13.9 Å². The smallest absolute Gasteiger partial charge is 0.123 e. The van der Waals surface area contributed by atoms with Crippen LogP contribution in [0.25, 0.3) is 0 Å². The third-order valence-electron chi connectivity index (χ3n) is 3.58. The molecule has 1 aliphatic rings. The quantitative estimate of drug-likeness (QED) is 0.786. The second kappa shape index (κ2) is 5.33. The van der Waals surface area contributed by atoms with E-state index in [0.29, 0.717) is 17.9 Å². The third kappa shape index (κ3) is 2.22. The van der Waals surface area contributed by atoms with E-state index < -0.39 is 5.38 Å². The largest absolute Gasteiger partial charge is 0.496 e. The summed E-state index contributed by atoms with van der Waals surface area (Å²) in [6.45, 7) is 0.493. The van der Waals surface area contributed by atoms with Crippen molar-refractivity contribution in [3.63, 3.8) is 0 Å². The summed E-state index contributed by atoms with van der Waals surface area (Å²) in [5.41, 5.74) is 1.71. The van der Waals surface area contributed by atoms with Crippen molar-refractivity contribution in [3.05, 3.63) is 59.4 Å². The van der Waals surface area contributed by atoms with Crippen LogP contribution in [-0.4, -0.2) is 13.7 Å². The Labute approximate surface area is 122 Å². The maximum absolute atomic E-state index is 13.5. The van der Waals surface area contributed by atoms with Crippen molar-refractivity contribution in [1.29, 1.82) is 0 Å². The first-order valence-corrected chi connectivity index (χ1v) is 6.83. The van der Waals surface area contributed by atoms with Crippen molar-refractivity contribution in [2.24, 2.45) is 0 Å². The summed E-state index contributed by atoms with van der Waals surface area (Å²) in [4.78, 5) is 0. The number of ether oxygens (including phenoxy) is 2. The molecule has 2 nitrogen and oxygen atoms in total. The van der Waals surface area contributed by atoms with Gasteiger partial charge in [-0.2, -0.15) is 0 Å². The normalized spacial score (nSPS) is 18.2. The average molecular weight is 293 g/mol. The molecule has 2 unspecified atom stereocenters. The fourth-order valence-corrected chi connectivity index (χ4v) is 2.95. The lowest BCUT2D eigenvalue weighted by atomic mass is 9.92. The molecule has 104 valence electrons. The summed E-state index contributed by atoms with van der Waals surface area (Å²) in [5, 5.41) is -0.399. The van der Waals surface area contributed by atoms with Crippen LogP contribution >= 0.6 is 11.6 Å². The van der Waals surface area contributed by atoms with E-state index in [9.17, 15) is 4.39 Å². The molecule has 0 N–H and O–H groups in total. The van der Waals surface area contributed by atoms with Gasteiger partial charge < -0.3 is 9.47 Å². The molecule has 1 heterocycles. The highest BCUT2D eigenvalue weighted by Gasteiger charge is 2.32. The van der Waals surface area contributed by atoms with Crippen LogP contribution in [0.15, 0.2) is 42.5 Å². The fourth-order valence-electron chi connectivity index (χ4n) is 2.57. The molecule has 0 radical (unpaired) electrons. The van der Waals surface area contributed by atoms with E-state index in [0.717, 1.165) is 11.3 Å². The van der Waals surface area contributed by atoms with Crippen molar-refractivity contribution in [3.8, 4) is 11.5 Å². The zero-order valence-electron chi connectivity index (χ0n) is 11.0. The maximum Gasteiger partial charge on any atom is 0.123 e. The highest BCUT2D eigenvalue weighted by atomic mass is 35.5. The third-order valence-corrected chi connectivity index (χ3v) is 4.12. The number of fused-ring (bicyclic) bond motifs is 1. The van der Waals surface area contributed by atoms with Crippen LogP contribution in [0.4, 0.5) is 4.39 Å². The summed E-state index contributed by atoms with van der Waals surface area (Å²) in [6.07, 6.45) is 0. The van der Waals surface area contributed by atoms with Gasteiger partial charge in [0, 0.05) is 17.0 Å². The van der Waals surface area contributed by atoms with E-state index in [4.69, 9.17) is 21.1 Å². The molecule has 0 fully saturated rings. The van der Waals surface area contributed by atoms with Gasteiger partial charge in [-0.3, -0.25) is 0 Å². The van der Waals surface area contributed by atoms with Gasteiger partial charge in [-0.1, -0.05) is 18.2 Å². The van der Waals surface area contributed by atoms with Gasteiger partial charge in [0.25, 0.3) is 0 Å². The van der Waals surface area contributed by atoms with Gasteiger partial charge in [0.1, 0.15) is 17.3 Å². The number of benzene rings is 2. The first kappa shape index (κ1) is 13.3. The molecule has 3 rings (SSSR count). The van der Waals surface area contributed by atoms with E-state index >= 15 is 0 Å². The van der Waals surface area contributed by atoms with Crippen molar-refractivity contribution >= 4 is 11.6 Å². The zero-order valence-corrected chi connectivity index (χ0v) is 11.7. The van der Waals surface area contributed by atoms with Gasteiger partial charge in [-0.25, -0.2) is 4.39 Å². The highest BCUT2D eigenvalue weighted by molar-refractivity contribution is 6.21. The topological polar surface area (TPSA) is 18.5 Å². The Kier molecular flexibility index (Phi) is 3.53. The molecule has 2 aromatic carbocycles. The number of alkyl halides is 1. The molecule has 1 aliphatic heterocycles. The molecule has 2 aromatic rings. The van der Waals surface area contributed by atoms with E-state index in [-0.39, 0.29) is 11.7 Å². The Hall–Kier alpha value is -1.74. The van der Waals surface area contributed by atoms with Crippen molar-refractivity contribution in [2.45, 2.75) is 11.3 Å². The molecule has 0 amide bonds. The first-order valence-electron chi connectivity index (χ1n) is 6.40. The molecule has 0 bridgehead atoms. The minimum absolute atomic E-state index is 0.0106. The van der Waals surface area contributed by atoms with Crippen LogP contribution in [0.1, 0.15) is 22.4 Å². The minimum atomic E-state index is -0.399. The number of halogens is 2.